The largest absolute Gasteiger partial charge is 0.393 e. The van der Waals surface area contributed by atoms with Crippen molar-refractivity contribution in [2.24, 2.45) is 34.3 Å². The van der Waals surface area contributed by atoms with Crippen LogP contribution in [0.3, 0.4) is 0 Å². The van der Waals surface area contributed by atoms with Crippen molar-refractivity contribution in [2.75, 3.05) is 0 Å². The highest BCUT2D eigenvalue weighted by Crippen LogP contribution is 2.64. The maximum atomic E-state index is 10.3. The second kappa shape index (κ2) is 5.72. The van der Waals surface area contributed by atoms with E-state index in [4.69, 9.17) is 5.73 Å². The average Bonchev–Trinajstić information content (AvgIpc) is 2.72. The molecule has 8 atom stereocenters. The Hall–Kier alpha value is -0.0900. The molecule has 0 heterocycles. The summed E-state index contributed by atoms with van der Waals surface area (Å²) < 4.78 is 0. The Morgan fingerprint density at radius 1 is 1.13 bits per heavy atom. The quantitative estimate of drug-likeness (QED) is 0.593. The van der Waals surface area contributed by atoms with Crippen molar-refractivity contribution in [3.8, 4) is 0 Å². The van der Waals surface area contributed by atoms with Crippen molar-refractivity contribution >= 4 is 12.4 Å². The highest BCUT2D eigenvalue weighted by atomic mass is 35.5. The van der Waals surface area contributed by atoms with E-state index in [0.29, 0.717) is 11.8 Å². The smallest absolute Gasteiger partial charge is 0.0699 e. The van der Waals surface area contributed by atoms with E-state index < -0.39 is 0 Å². The Balaban J connectivity index is 0.00000156. The molecule has 4 aliphatic carbocycles. The van der Waals surface area contributed by atoms with Crippen molar-refractivity contribution in [2.45, 2.75) is 77.0 Å². The summed E-state index contributed by atoms with van der Waals surface area (Å²) in [6, 6.07) is -0.0511. The van der Waals surface area contributed by atoms with Gasteiger partial charge in [-0.15, -0.1) is 12.4 Å². The van der Waals surface area contributed by atoms with Crippen LogP contribution < -0.4 is 5.73 Å². The van der Waals surface area contributed by atoms with Crippen LogP contribution in [0.4, 0.5) is 0 Å². The first-order valence-electron chi connectivity index (χ1n) is 9.17. The van der Waals surface area contributed by atoms with Crippen LogP contribution in [-0.2, 0) is 0 Å². The molecule has 0 spiro atoms. The molecule has 4 heteroatoms. The Labute approximate surface area is 146 Å². The molecule has 4 rings (SSSR count). The second-order valence-electron chi connectivity index (χ2n) is 9.03. The monoisotopic (exact) mass is 341 g/mol. The Morgan fingerprint density at radius 3 is 2.61 bits per heavy atom. The molecule has 0 aromatic carbocycles. The van der Waals surface area contributed by atoms with Crippen LogP contribution in [0.2, 0.25) is 0 Å². The van der Waals surface area contributed by atoms with Gasteiger partial charge in [-0.1, -0.05) is 25.5 Å². The SMILES string of the molecule is C[C@]12CC[C@H]3[C@@H](CC=C4C[C@@H](O)CC[C@@]43C)[C@@H]1C[C@H](O)[C@@H]2N.Cl. The van der Waals surface area contributed by atoms with Crippen LogP contribution in [0.25, 0.3) is 0 Å². The van der Waals surface area contributed by atoms with Gasteiger partial charge in [-0.25, -0.2) is 0 Å². The molecule has 4 N–H and O–H groups in total. The van der Waals surface area contributed by atoms with E-state index in [9.17, 15) is 10.2 Å². The fraction of sp³-hybridized carbons (Fsp3) is 0.895. The van der Waals surface area contributed by atoms with Gasteiger partial charge in [0.1, 0.15) is 0 Å². The predicted molar refractivity (Wildman–Crippen MR) is 94.3 cm³/mol. The molecule has 3 nitrogen and oxygen atoms in total. The number of allylic oxidation sites excluding steroid dienone is 1. The molecule has 4 aliphatic rings. The van der Waals surface area contributed by atoms with Crippen LogP contribution in [0.1, 0.15) is 58.8 Å². The zero-order valence-corrected chi connectivity index (χ0v) is 15.2. The first kappa shape index (κ1) is 17.7. The van der Waals surface area contributed by atoms with Crippen molar-refractivity contribution < 1.29 is 10.2 Å². The van der Waals surface area contributed by atoms with Crippen LogP contribution in [-0.4, -0.2) is 28.5 Å². The number of aliphatic hydroxyl groups is 2. The third-order valence-electron chi connectivity index (χ3n) is 8.19. The summed E-state index contributed by atoms with van der Waals surface area (Å²) in [5, 5.41) is 20.4. The molecule has 23 heavy (non-hydrogen) atoms. The maximum Gasteiger partial charge on any atom is 0.0699 e. The normalized spacial score (nSPS) is 55.1. The van der Waals surface area contributed by atoms with E-state index in [1.807, 2.05) is 0 Å². The number of fused-ring (bicyclic) bond motifs is 5. The molecule has 0 radical (unpaired) electrons. The fourth-order valence-electron chi connectivity index (χ4n) is 6.69. The average molecular weight is 342 g/mol. The van der Waals surface area contributed by atoms with Gasteiger partial charge in [0, 0.05) is 6.04 Å². The predicted octanol–water partition coefficient (Wildman–Crippen LogP) is 3.03. The number of halogens is 1. The highest BCUT2D eigenvalue weighted by Gasteiger charge is 2.60. The lowest BCUT2D eigenvalue weighted by atomic mass is 9.48. The standard InChI is InChI=1S/C19H31NO2.ClH/c1-18-7-5-12(21)9-11(18)3-4-13-14(18)6-8-19(2)15(13)10-16(22)17(19)20;/h3,12-17,21-22H,4-10,20H2,1-2H3;1H/t12-,13+,14-,15-,16-,17-,18-,19-;/m0./s1. The lowest BCUT2D eigenvalue weighted by molar-refractivity contribution is -0.0403. The van der Waals surface area contributed by atoms with Crippen LogP contribution >= 0.6 is 12.4 Å². The summed E-state index contributed by atoms with van der Waals surface area (Å²) in [6.07, 6.45) is 9.34. The van der Waals surface area contributed by atoms with Gasteiger partial charge in [0.15, 0.2) is 0 Å². The molecule has 0 aliphatic heterocycles. The summed E-state index contributed by atoms with van der Waals surface area (Å²) in [6.45, 7) is 4.76. The molecular formula is C19H32ClNO2. The first-order chi connectivity index (χ1) is 10.4. The molecule has 3 saturated carbocycles. The van der Waals surface area contributed by atoms with Gasteiger partial charge in [-0.2, -0.15) is 0 Å². The molecule has 0 aromatic heterocycles. The van der Waals surface area contributed by atoms with E-state index >= 15 is 0 Å². The van der Waals surface area contributed by atoms with E-state index in [1.54, 1.807) is 0 Å². The lowest BCUT2D eigenvalue weighted by Crippen LogP contribution is -2.53. The summed E-state index contributed by atoms with van der Waals surface area (Å²) >= 11 is 0. The molecule has 0 unspecified atom stereocenters. The highest BCUT2D eigenvalue weighted by molar-refractivity contribution is 5.85. The van der Waals surface area contributed by atoms with Crippen molar-refractivity contribution in [3.63, 3.8) is 0 Å². The molecule has 0 saturated heterocycles. The third kappa shape index (κ3) is 2.34. The summed E-state index contributed by atoms with van der Waals surface area (Å²) in [7, 11) is 0. The summed E-state index contributed by atoms with van der Waals surface area (Å²) in [5.41, 5.74) is 8.29. The maximum absolute atomic E-state index is 10.3. The van der Waals surface area contributed by atoms with Crippen molar-refractivity contribution in [3.05, 3.63) is 11.6 Å². The molecular weight excluding hydrogens is 310 g/mol. The van der Waals surface area contributed by atoms with Gasteiger partial charge in [-0.3, -0.25) is 0 Å². The van der Waals surface area contributed by atoms with Gasteiger partial charge in [0.05, 0.1) is 12.2 Å². The Bertz CT molecular complexity index is 510. The van der Waals surface area contributed by atoms with Gasteiger partial charge >= 0.3 is 0 Å². The first-order valence-corrected chi connectivity index (χ1v) is 9.17. The fourth-order valence-corrected chi connectivity index (χ4v) is 6.69. The van der Waals surface area contributed by atoms with E-state index in [1.165, 1.54) is 12.0 Å². The molecule has 3 fully saturated rings. The van der Waals surface area contributed by atoms with Crippen LogP contribution in [0, 0.1) is 28.6 Å². The minimum atomic E-state index is -0.319. The number of nitrogens with two attached hydrogens (primary N) is 1. The van der Waals surface area contributed by atoms with Crippen molar-refractivity contribution in [1.29, 1.82) is 0 Å². The van der Waals surface area contributed by atoms with Gasteiger partial charge in [0.25, 0.3) is 0 Å². The molecule has 132 valence electrons. The lowest BCUT2D eigenvalue weighted by Gasteiger charge is -2.57. The molecule has 0 aromatic rings. The van der Waals surface area contributed by atoms with Crippen LogP contribution in [0.15, 0.2) is 11.6 Å². The zero-order valence-electron chi connectivity index (χ0n) is 14.4. The minimum Gasteiger partial charge on any atom is -0.393 e. The topological polar surface area (TPSA) is 66.5 Å². The van der Waals surface area contributed by atoms with Gasteiger partial charge in [0.2, 0.25) is 0 Å². The molecule has 0 amide bonds. The van der Waals surface area contributed by atoms with E-state index in [0.717, 1.165) is 44.4 Å². The summed E-state index contributed by atoms with van der Waals surface area (Å²) in [4.78, 5) is 0. The number of hydrogen-bond donors (Lipinski definition) is 3. The molecule has 0 bridgehead atoms. The van der Waals surface area contributed by atoms with Gasteiger partial charge in [-0.05, 0) is 73.5 Å². The van der Waals surface area contributed by atoms with Crippen molar-refractivity contribution in [1.82, 2.24) is 0 Å². The Kier molecular flexibility index (Phi) is 4.41. The second-order valence-corrected chi connectivity index (χ2v) is 9.03. The Morgan fingerprint density at radius 2 is 1.87 bits per heavy atom. The number of rotatable bonds is 0. The van der Waals surface area contributed by atoms with Gasteiger partial charge < -0.3 is 15.9 Å². The number of aliphatic hydroxyl groups excluding tert-OH is 2. The zero-order chi connectivity index (χ0) is 15.7. The van der Waals surface area contributed by atoms with E-state index in [2.05, 4.69) is 19.9 Å². The minimum absolute atomic E-state index is 0. The summed E-state index contributed by atoms with van der Waals surface area (Å²) in [5.74, 6) is 1.96. The van der Waals surface area contributed by atoms with Crippen LogP contribution in [0.5, 0.6) is 0 Å². The number of hydrogen-bond acceptors (Lipinski definition) is 3. The third-order valence-corrected chi connectivity index (χ3v) is 8.19. The van der Waals surface area contributed by atoms with E-state index in [-0.39, 0.29) is 41.5 Å².